The largest absolute Gasteiger partial charge is 0.342 e. The highest BCUT2D eigenvalue weighted by Gasteiger charge is 2.57. The number of aromatic amines is 1. The van der Waals surface area contributed by atoms with E-state index in [1.807, 2.05) is 6.92 Å². The van der Waals surface area contributed by atoms with Crippen LogP contribution in [0.2, 0.25) is 0 Å². The van der Waals surface area contributed by atoms with Crippen molar-refractivity contribution in [2.45, 2.75) is 32.6 Å². The fraction of sp³-hybridized carbons (Fsp3) is 0.667. The van der Waals surface area contributed by atoms with Crippen LogP contribution in [0, 0.1) is 12.3 Å². The molecule has 2 saturated heterocycles. The fourth-order valence-corrected chi connectivity index (χ4v) is 3.66. The molecule has 3 heterocycles. The second-order valence-electron chi connectivity index (χ2n) is 6.49. The molecule has 0 unspecified atom stereocenters. The Bertz CT molecular complexity index is 645. The molecule has 0 aliphatic carbocycles. The van der Waals surface area contributed by atoms with Crippen molar-refractivity contribution in [3.05, 3.63) is 17.7 Å². The van der Waals surface area contributed by atoms with Gasteiger partial charge in [0.15, 0.2) is 0 Å². The number of aryl methyl sites for hydroxylation is 1. The number of nitrogens with one attached hydrogen (secondary N) is 1. The van der Waals surface area contributed by atoms with Crippen LogP contribution in [-0.4, -0.2) is 63.7 Å². The first-order chi connectivity index (χ1) is 10.8. The number of nitrogens with zero attached hydrogens (tertiary/aromatic N) is 3. The summed E-state index contributed by atoms with van der Waals surface area (Å²) >= 11 is 0. The average Bonchev–Trinajstić information content (AvgIpc) is 3.02. The standard InChI is InChI=1S/C15H20F2N4O2/c1-3-20-5-4-14(13(20)23)7-15(16,17)9-21(8-14)12(22)11-6-18-10(2)19-11/h6H,3-5,7-9H2,1-2H3,(H,18,19)/t14-/m0/s1. The molecule has 126 valence electrons. The number of carbonyl (C=O) groups is 2. The number of rotatable bonds is 2. The average molecular weight is 326 g/mol. The summed E-state index contributed by atoms with van der Waals surface area (Å²) in [5.41, 5.74) is -0.990. The molecule has 0 radical (unpaired) electrons. The number of H-pyrrole nitrogens is 1. The summed E-state index contributed by atoms with van der Waals surface area (Å²) in [6.45, 7) is 3.85. The van der Waals surface area contributed by atoms with Gasteiger partial charge in [-0.15, -0.1) is 0 Å². The highest BCUT2D eigenvalue weighted by Crippen LogP contribution is 2.45. The SMILES string of the molecule is CCN1CC[C@]2(CN(C(=O)c3cnc(C)[nH]3)CC(F)(F)C2)C1=O. The van der Waals surface area contributed by atoms with Crippen LogP contribution in [-0.2, 0) is 4.79 Å². The van der Waals surface area contributed by atoms with Crippen LogP contribution in [0.4, 0.5) is 8.78 Å². The van der Waals surface area contributed by atoms with Gasteiger partial charge < -0.3 is 14.8 Å². The number of amides is 2. The van der Waals surface area contributed by atoms with Gasteiger partial charge in [-0.3, -0.25) is 9.59 Å². The predicted molar refractivity (Wildman–Crippen MR) is 78.1 cm³/mol. The van der Waals surface area contributed by atoms with Crippen LogP contribution < -0.4 is 0 Å². The zero-order chi connectivity index (χ0) is 16.8. The third-order valence-corrected chi connectivity index (χ3v) is 4.72. The lowest BCUT2D eigenvalue weighted by atomic mass is 9.77. The van der Waals surface area contributed by atoms with Gasteiger partial charge in [-0.2, -0.15) is 0 Å². The van der Waals surface area contributed by atoms with Gasteiger partial charge in [0.05, 0.1) is 18.2 Å². The van der Waals surface area contributed by atoms with Gasteiger partial charge in [0, 0.05) is 26.1 Å². The van der Waals surface area contributed by atoms with E-state index in [-0.39, 0.29) is 18.1 Å². The Labute approximate surface area is 132 Å². The molecule has 2 amide bonds. The molecular weight excluding hydrogens is 306 g/mol. The van der Waals surface area contributed by atoms with Crippen molar-refractivity contribution in [2.24, 2.45) is 5.41 Å². The minimum Gasteiger partial charge on any atom is -0.342 e. The number of hydrogen-bond acceptors (Lipinski definition) is 3. The summed E-state index contributed by atoms with van der Waals surface area (Å²) in [5, 5.41) is 0. The fourth-order valence-electron chi connectivity index (χ4n) is 3.66. The van der Waals surface area contributed by atoms with Crippen LogP contribution in [0.15, 0.2) is 6.20 Å². The Balaban J connectivity index is 1.88. The number of hydrogen-bond donors (Lipinski definition) is 1. The van der Waals surface area contributed by atoms with Gasteiger partial charge in [0.1, 0.15) is 11.5 Å². The van der Waals surface area contributed by atoms with Crippen LogP contribution in [0.5, 0.6) is 0 Å². The molecular formula is C15H20F2N4O2. The zero-order valence-electron chi connectivity index (χ0n) is 13.2. The first-order valence-corrected chi connectivity index (χ1v) is 7.74. The summed E-state index contributed by atoms with van der Waals surface area (Å²) in [7, 11) is 0. The van der Waals surface area contributed by atoms with Crippen molar-refractivity contribution in [3.63, 3.8) is 0 Å². The minimum absolute atomic E-state index is 0.0365. The predicted octanol–water partition coefficient (Wildman–Crippen LogP) is 1.44. The molecule has 2 aliphatic rings. The molecule has 2 fully saturated rings. The van der Waals surface area contributed by atoms with Gasteiger partial charge in [-0.1, -0.05) is 0 Å². The van der Waals surface area contributed by atoms with Crippen molar-refractivity contribution in [1.82, 2.24) is 19.8 Å². The summed E-state index contributed by atoms with van der Waals surface area (Å²) in [6, 6.07) is 0. The first-order valence-electron chi connectivity index (χ1n) is 7.74. The second kappa shape index (κ2) is 5.28. The Hall–Kier alpha value is -1.99. The molecule has 1 aromatic rings. The lowest BCUT2D eigenvalue weighted by molar-refractivity contribution is -0.151. The van der Waals surface area contributed by atoms with E-state index in [0.29, 0.717) is 25.3 Å². The molecule has 0 aromatic carbocycles. The Morgan fingerprint density at radius 1 is 1.43 bits per heavy atom. The zero-order valence-corrected chi connectivity index (χ0v) is 13.2. The van der Waals surface area contributed by atoms with Crippen molar-refractivity contribution < 1.29 is 18.4 Å². The quantitative estimate of drug-likeness (QED) is 0.894. The molecule has 2 aliphatic heterocycles. The van der Waals surface area contributed by atoms with Crippen molar-refractivity contribution in [2.75, 3.05) is 26.2 Å². The van der Waals surface area contributed by atoms with Gasteiger partial charge in [-0.05, 0) is 20.3 Å². The molecule has 23 heavy (non-hydrogen) atoms. The van der Waals surface area contributed by atoms with Crippen LogP contribution >= 0.6 is 0 Å². The third kappa shape index (κ3) is 2.70. The molecule has 0 saturated carbocycles. The van der Waals surface area contributed by atoms with Gasteiger partial charge >= 0.3 is 0 Å². The summed E-state index contributed by atoms with van der Waals surface area (Å²) in [4.78, 5) is 34.4. The Morgan fingerprint density at radius 2 is 2.17 bits per heavy atom. The Morgan fingerprint density at radius 3 is 2.74 bits per heavy atom. The summed E-state index contributed by atoms with van der Waals surface area (Å²) in [6.07, 6.45) is 1.22. The molecule has 1 N–H and O–H groups in total. The topological polar surface area (TPSA) is 69.3 Å². The van der Waals surface area contributed by atoms with E-state index in [4.69, 9.17) is 0 Å². The van der Waals surface area contributed by atoms with Gasteiger partial charge in [0.2, 0.25) is 5.91 Å². The smallest absolute Gasteiger partial charge is 0.272 e. The molecule has 6 nitrogen and oxygen atoms in total. The number of aromatic nitrogens is 2. The monoisotopic (exact) mass is 326 g/mol. The van der Waals surface area contributed by atoms with Crippen molar-refractivity contribution >= 4 is 11.8 Å². The maximum absolute atomic E-state index is 14.2. The number of likely N-dealkylation sites (tertiary alicyclic amines) is 2. The van der Waals surface area contributed by atoms with E-state index >= 15 is 0 Å². The normalized spacial score (nSPS) is 27.0. The van der Waals surface area contributed by atoms with E-state index in [1.165, 1.54) is 6.20 Å². The van der Waals surface area contributed by atoms with Crippen LogP contribution in [0.1, 0.15) is 36.1 Å². The number of imidazole rings is 1. The lowest BCUT2D eigenvalue weighted by Gasteiger charge is -2.42. The lowest BCUT2D eigenvalue weighted by Crippen LogP contribution is -2.57. The summed E-state index contributed by atoms with van der Waals surface area (Å²) < 4.78 is 28.5. The highest BCUT2D eigenvalue weighted by atomic mass is 19.3. The first kappa shape index (κ1) is 15.9. The van der Waals surface area contributed by atoms with Crippen molar-refractivity contribution in [3.8, 4) is 0 Å². The maximum Gasteiger partial charge on any atom is 0.272 e. The minimum atomic E-state index is -3.07. The highest BCUT2D eigenvalue weighted by molar-refractivity contribution is 5.93. The van der Waals surface area contributed by atoms with Crippen LogP contribution in [0.25, 0.3) is 0 Å². The van der Waals surface area contributed by atoms with E-state index in [0.717, 1.165) is 4.90 Å². The van der Waals surface area contributed by atoms with E-state index < -0.39 is 30.2 Å². The molecule has 3 rings (SSSR count). The number of carbonyl (C=O) groups excluding carboxylic acids is 2. The van der Waals surface area contributed by atoms with E-state index in [2.05, 4.69) is 9.97 Å². The number of piperidine rings is 1. The third-order valence-electron chi connectivity index (χ3n) is 4.72. The Kier molecular flexibility index (Phi) is 3.65. The van der Waals surface area contributed by atoms with Crippen LogP contribution in [0.3, 0.4) is 0 Å². The second-order valence-corrected chi connectivity index (χ2v) is 6.49. The number of halogens is 2. The molecule has 1 aromatic heterocycles. The van der Waals surface area contributed by atoms with Gasteiger partial charge in [0.25, 0.3) is 11.8 Å². The molecule has 1 atom stereocenters. The maximum atomic E-state index is 14.2. The molecule has 1 spiro atoms. The molecule has 8 heteroatoms. The van der Waals surface area contributed by atoms with E-state index in [1.54, 1.807) is 11.8 Å². The van der Waals surface area contributed by atoms with Gasteiger partial charge in [-0.25, -0.2) is 13.8 Å². The molecule has 0 bridgehead atoms. The number of alkyl halides is 2. The summed E-state index contributed by atoms with van der Waals surface area (Å²) in [5.74, 6) is -3.33. The van der Waals surface area contributed by atoms with Crippen molar-refractivity contribution in [1.29, 1.82) is 0 Å². The van der Waals surface area contributed by atoms with E-state index in [9.17, 15) is 18.4 Å².